The maximum absolute atomic E-state index is 11.4. The van der Waals surface area contributed by atoms with Gasteiger partial charge in [-0.2, -0.15) is 0 Å². The molecule has 6 heteroatoms. The molecule has 0 aromatic heterocycles. The van der Waals surface area contributed by atoms with Gasteiger partial charge in [0.2, 0.25) is 15.9 Å². The molecule has 0 aliphatic carbocycles. The molecule has 0 radical (unpaired) electrons. The minimum absolute atomic E-state index is 0.0537. The summed E-state index contributed by atoms with van der Waals surface area (Å²) in [4.78, 5) is 10.9. The molecule has 0 atom stereocenters. The quantitative estimate of drug-likeness (QED) is 0.785. The van der Waals surface area contributed by atoms with Crippen molar-refractivity contribution in [1.29, 1.82) is 0 Å². The molecule has 19 heavy (non-hydrogen) atoms. The number of nitrogens with two attached hydrogens (primary N) is 1. The fourth-order valence-electron chi connectivity index (χ4n) is 1.17. The summed E-state index contributed by atoms with van der Waals surface area (Å²) in [6, 6.07) is 6.46. The average Bonchev–Trinajstić information content (AvgIpc) is 2.35. The van der Waals surface area contributed by atoms with Gasteiger partial charge in [-0.1, -0.05) is 11.8 Å². The van der Waals surface area contributed by atoms with Crippen LogP contribution in [0, 0.1) is 11.8 Å². The minimum Gasteiger partial charge on any atom is -0.366 e. The topological polar surface area (TPSA) is 89.3 Å². The molecule has 0 aliphatic heterocycles. The number of amides is 1. The Kier molecular flexibility index (Phi) is 5.10. The SMILES string of the molecule is CC(C)S(=O)(=O)NCC#Cc1ccc(C(N)=O)cc1. The number of benzene rings is 1. The second-order valence-corrected chi connectivity index (χ2v) is 6.48. The van der Waals surface area contributed by atoms with E-state index in [4.69, 9.17) is 5.73 Å². The third-order valence-corrected chi connectivity index (χ3v) is 4.17. The summed E-state index contributed by atoms with van der Waals surface area (Å²) in [5.41, 5.74) is 6.21. The van der Waals surface area contributed by atoms with E-state index in [9.17, 15) is 13.2 Å². The standard InChI is InChI=1S/C13H16N2O3S/c1-10(2)19(17,18)15-9-3-4-11-5-7-12(8-6-11)13(14)16/h5-8,10,15H,9H2,1-2H3,(H2,14,16). The molecule has 1 aromatic rings. The summed E-state index contributed by atoms with van der Waals surface area (Å²) < 4.78 is 25.2. The normalized spacial score (nSPS) is 10.9. The van der Waals surface area contributed by atoms with Crippen LogP contribution in [0.15, 0.2) is 24.3 Å². The van der Waals surface area contributed by atoms with Crippen molar-refractivity contribution in [3.8, 4) is 11.8 Å². The summed E-state index contributed by atoms with van der Waals surface area (Å²) in [6.45, 7) is 3.24. The van der Waals surface area contributed by atoms with Crippen molar-refractivity contribution in [2.75, 3.05) is 6.54 Å². The van der Waals surface area contributed by atoms with Gasteiger partial charge in [-0.25, -0.2) is 13.1 Å². The monoisotopic (exact) mass is 280 g/mol. The molecule has 1 aromatic carbocycles. The van der Waals surface area contributed by atoms with Crippen LogP contribution in [0.5, 0.6) is 0 Å². The Morgan fingerprint density at radius 2 is 1.89 bits per heavy atom. The van der Waals surface area contributed by atoms with Gasteiger partial charge < -0.3 is 5.73 Å². The van der Waals surface area contributed by atoms with E-state index in [1.54, 1.807) is 38.1 Å². The van der Waals surface area contributed by atoms with Crippen molar-refractivity contribution in [3.63, 3.8) is 0 Å². The van der Waals surface area contributed by atoms with Gasteiger partial charge >= 0.3 is 0 Å². The first kappa shape index (κ1) is 15.2. The van der Waals surface area contributed by atoms with E-state index in [0.717, 1.165) is 0 Å². The van der Waals surface area contributed by atoms with Crippen molar-refractivity contribution < 1.29 is 13.2 Å². The third kappa shape index (κ3) is 4.73. The predicted octanol–water partition coefficient (Wildman–Crippen LogP) is 0.465. The van der Waals surface area contributed by atoms with Crippen LogP contribution in [0.4, 0.5) is 0 Å². The molecule has 0 bridgehead atoms. The molecule has 0 saturated carbocycles. The van der Waals surface area contributed by atoms with E-state index in [2.05, 4.69) is 16.6 Å². The molecule has 3 N–H and O–H groups in total. The van der Waals surface area contributed by atoms with Crippen LogP contribution in [-0.4, -0.2) is 26.1 Å². The van der Waals surface area contributed by atoms with Gasteiger partial charge in [0.1, 0.15) is 0 Å². The molecule has 0 saturated heterocycles. The van der Waals surface area contributed by atoms with Gasteiger partial charge in [0.15, 0.2) is 0 Å². The van der Waals surface area contributed by atoms with Crippen LogP contribution in [-0.2, 0) is 10.0 Å². The smallest absolute Gasteiger partial charge is 0.248 e. The Labute approximate surface area is 113 Å². The van der Waals surface area contributed by atoms with Crippen molar-refractivity contribution in [1.82, 2.24) is 4.72 Å². The lowest BCUT2D eigenvalue weighted by atomic mass is 10.1. The fraction of sp³-hybridized carbons (Fsp3) is 0.308. The first-order valence-corrected chi connectivity index (χ1v) is 7.25. The number of sulfonamides is 1. The van der Waals surface area contributed by atoms with E-state index < -0.39 is 21.2 Å². The number of rotatable bonds is 4. The fourth-order valence-corrected chi connectivity index (χ4v) is 1.77. The van der Waals surface area contributed by atoms with Gasteiger partial charge in [-0.15, -0.1) is 0 Å². The number of primary amides is 1. The Bertz CT molecular complexity index is 608. The lowest BCUT2D eigenvalue weighted by Crippen LogP contribution is -2.30. The first-order chi connectivity index (χ1) is 8.83. The summed E-state index contributed by atoms with van der Waals surface area (Å²) >= 11 is 0. The van der Waals surface area contributed by atoms with Crippen LogP contribution in [0.2, 0.25) is 0 Å². The second kappa shape index (κ2) is 6.36. The maximum atomic E-state index is 11.4. The van der Waals surface area contributed by atoms with Gasteiger partial charge in [0.05, 0.1) is 11.8 Å². The first-order valence-electron chi connectivity index (χ1n) is 5.70. The molecule has 0 heterocycles. The summed E-state index contributed by atoms with van der Waals surface area (Å²) in [7, 11) is -3.28. The summed E-state index contributed by atoms with van der Waals surface area (Å²) in [5.74, 6) is 5.00. The van der Waals surface area contributed by atoms with Gasteiger partial charge in [0, 0.05) is 11.1 Å². The number of carbonyl (C=O) groups excluding carboxylic acids is 1. The summed E-state index contributed by atoms with van der Waals surface area (Å²) in [5, 5.41) is -0.482. The van der Waals surface area contributed by atoms with Crippen LogP contribution in [0.3, 0.4) is 0 Å². The molecule has 0 fully saturated rings. The van der Waals surface area contributed by atoms with Crippen LogP contribution >= 0.6 is 0 Å². The third-order valence-electron chi connectivity index (χ3n) is 2.38. The van der Waals surface area contributed by atoms with E-state index in [1.165, 1.54) is 0 Å². The molecule has 0 unspecified atom stereocenters. The zero-order valence-electron chi connectivity index (χ0n) is 10.8. The van der Waals surface area contributed by atoms with Gasteiger partial charge in [-0.05, 0) is 38.1 Å². The Balaban J connectivity index is 2.62. The highest BCUT2D eigenvalue weighted by Gasteiger charge is 2.13. The number of hydrogen-bond acceptors (Lipinski definition) is 3. The highest BCUT2D eigenvalue weighted by molar-refractivity contribution is 7.90. The lowest BCUT2D eigenvalue weighted by Gasteiger charge is -2.05. The largest absolute Gasteiger partial charge is 0.366 e. The average molecular weight is 280 g/mol. The maximum Gasteiger partial charge on any atom is 0.248 e. The van der Waals surface area contributed by atoms with E-state index in [1.807, 2.05) is 0 Å². The van der Waals surface area contributed by atoms with Crippen molar-refractivity contribution in [2.45, 2.75) is 19.1 Å². The molecule has 0 aliphatic rings. The van der Waals surface area contributed by atoms with E-state index in [0.29, 0.717) is 11.1 Å². The Hall–Kier alpha value is -1.84. The molecule has 1 amide bonds. The van der Waals surface area contributed by atoms with Gasteiger partial charge in [0.25, 0.3) is 0 Å². The highest BCUT2D eigenvalue weighted by Crippen LogP contribution is 2.02. The number of hydrogen-bond donors (Lipinski definition) is 2. The van der Waals surface area contributed by atoms with E-state index in [-0.39, 0.29) is 6.54 Å². The molecule has 5 nitrogen and oxygen atoms in total. The number of carbonyl (C=O) groups is 1. The van der Waals surface area contributed by atoms with Crippen molar-refractivity contribution >= 4 is 15.9 Å². The molecule has 102 valence electrons. The van der Waals surface area contributed by atoms with Crippen molar-refractivity contribution in [2.24, 2.45) is 5.73 Å². The van der Waals surface area contributed by atoms with Crippen LogP contribution < -0.4 is 10.5 Å². The molecule has 0 spiro atoms. The predicted molar refractivity (Wildman–Crippen MR) is 73.9 cm³/mol. The number of nitrogens with one attached hydrogen (secondary N) is 1. The second-order valence-electron chi connectivity index (χ2n) is 4.16. The molecule has 1 rings (SSSR count). The lowest BCUT2D eigenvalue weighted by molar-refractivity contribution is 0.100. The summed E-state index contributed by atoms with van der Waals surface area (Å²) in [6.07, 6.45) is 0. The van der Waals surface area contributed by atoms with Crippen LogP contribution in [0.25, 0.3) is 0 Å². The van der Waals surface area contributed by atoms with Crippen LogP contribution in [0.1, 0.15) is 29.8 Å². The zero-order chi connectivity index (χ0) is 14.5. The van der Waals surface area contributed by atoms with Crippen molar-refractivity contribution in [3.05, 3.63) is 35.4 Å². The highest BCUT2D eigenvalue weighted by atomic mass is 32.2. The molecular formula is C13H16N2O3S. The van der Waals surface area contributed by atoms with Gasteiger partial charge in [-0.3, -0.25) is 4.79 Å². The zero-order valence-corrected chi connectivity index (χ0v) is 11.6. The molecular weight excluding hydrogens is 264 g/mol. The Morgan fingerprint density at radius 1 is 1.32 bits per heavy atom. The minimum atomic E-state index is -3.28. The Morgan fingerprint density at radius 3 is 2.37 bits per heavy atom. The van der Waals surface area contributed by atoms with E-state index >= 15 is 0 Å².